The first kappa shape index (κ1) is 23.3. The molecule has 0 saturated heterocycles. The molecule has 1 N–H and O–H groups in total. The molecule has 5 nitrogen and oxygen atoms in total. The molecular weight excluding hydrogens is 444 g/mol. The van der Waals surface area contributed by atoms with Crippen LogP contribution in [-0.2, 0) is 11.4 Å². The van der Waals surface area contributed by atoms with Crippen LogP contribution in [0.3, 0.4) is 0 Å². The van der Waals surface area contributed by atoms with E-state index in [1.807, 2.05) is 73.0 Å². The topological polar surface area (TPSA) is 60.5 Å². The summed E-state index contributed by atoms with van der Waals surface area (Å²) in [5.41, 5.74) is 6.19. The molecule has 0 aliphatic carbocycles. The average molecular weight is 471 g/mol. The Labute approximate surface area is 203 Å². The number of rotatable bonds is 8. The zero-order valence-corrected chi connectivity index (χ0v) is 20.2. The van der Waals surface area contributed by atoms with Crippen molar-refractivity contribution < 1.29 is 14.3 Å². The fourth-order valence-electron chi connectivity index (χ4n) is 3.34. The first-order chi connectivity index (χ1) is 16.5. The van der Waals surface area contributed by atoms with Crippen molar-refractivity contribution in [3.05, 3.63) is 100 Å². The second-order valence-corrected chi connectivity index (χ2v) is 8.71. The number of nitrogens with zero attached hydrogens (tertiary/aromatic N) is 1. The van der Waals surface area contributed by atoms with Crippen LogP contribution < -0.4 is 14.8 Å². The molecule has 1 amide bonds. The zero-order valence-electron chi connectivity index (χ0n) is 19.4. The van der Waals surface area contributed by atoms with Crippen LogP contribution in [0.4, 0.5) is 5.13 Å². The molecule has 0 atom stereocenters. The fourth-order valence-corrected chi connectivity index (χ4v) is 4.06. The molecule has 0 saturated carbocycles. The molecule has 172 valence electrons. The van der Waals surface area contributed by atoms with Gasteiger partial charge in [0.15, 0.2) is 16.6 Å². The number of aromatic nitrogens is 1. The number of ether oxygens (including phenoxy) is 2. The molecule has 0 fully saturated rings. The Morgan fingerprint density at radius 3 is 2.59 bits per heavy atom. The van der Waals surface area contributed by atoms with Gasteiger partial charge in [-0.3, -0.25) is 10.1 Å². The van der Waals surface area contributed by atoms with Crippen molar-refractivity contribution in [3.8, 4) is 22.8 Å². The lowest BCUT2D eigenvalue weighted by Crippen LogP contribution is -2.07. The van der Waals surface area contributed by atoms with E-state index in [1.54, 1.807) is 13.2 Å². The van der Waals surface area contributed by atoms with Crippen molar-refractivity contribution >= 4 is 28.5 Å². The monoisotopic (exact) mass is 470 g/mol. The summed E-state index contributed by atoms with van der Waals surface area (Å²) in [5.74, 6) is 1.02. The van der Waals surface area contributed by atoms with Gasteiger partial charge in [0, 0.05) is 17.0 Å². The standard InChI is InChI=1S/C28H26N2O3S/c1-19-8-12-22(13-9-19)24-18-34-28(29-24)30-27(31)15-11-21-10-14-25(26(16-21)32-3)33-17-23-7-5-4-6-20(23)2/h4-16,18H,17H2,1-3H3,(H,29,30,31). The average Bonchev–Trinajstić information content (AvgIpc) is 3.31. The Kier molecular flexibility index (Phi) is 7.40. The van der Waals surface area contributed by atoms with Crippen molar-refractivity contribution in [1.29, 1.82) is 0 Å². The number of nitrogens with one attached hydrogen (secondary N) is 1. The molecule has 0 bridgehead atoms. The van der Waals surface area contributed by atoms with Crippen LogP contribution in [0.25, 0.3) is 17.3 Å². The lowest BCUT2D eigenvalue weighted by atomic mass is 10.1. The molecule has 6 heteroatoms. The van der Waals surface area contributed by atoms with Crippen LogP contribution in [0, 0.1) is 13.8 Å². The molecule has 0 radical (unpaired) electrons. The highest BCUT2D eigenvalue weighted by Gasteiger charge is 2.08. The van der Waals surface area contributed by atoms with E-state index in [9.17, 15) is 4.79 Å². The summed E-state index contributed by atoms with van der Waals surface area (Å²) in [7, 11) is 1.60. The van der Waals surface area contributed by atoms with Gasteiger partial charge >= 0.3 is 0 Å². The van der Waals surface area contributed by atoms with Crippen LogP contribution in [0.15, 0.2) is 78.2 Å². The minimum Gasteiger partial charge on any atom is -0.493 e. The lowest BCUT2D eigenvalue weighted by molar-refractivity contribution is -0.111. The van der Waals surface area contributed by atoms with Crippen molar-refractivity contribution in [2.45, 2.75) is 20.5 Å². The van der Waals surface area contributed by atoms with Gasteiger partial charge in [-0.1, -0.05) is 60.2 Å². The number of carbonyl (C=O) groups excluding carboxylic acids is 1. The second kappa shape index (κ2) is 10.8. The van der Waals surface area contributed by atoms with Gasteiger partial charge in [0.25, 0.3) is 0 Å². The first-order valence-electron chi connectivity index (χ1n) is 10.9. The summed E-state index contributed by atoms with van der Waals surface area (Å²) in [6, 6.07) is 21.8. The highest BCUT2D eigenvalue weighted by molar-refractivity contribution is 7.14. The molecule has 0 unspecified atom stereocenters. The Morgan fingerprint density at radius 2 is 1.82 bits per heavy atom. The number of thiazole rings is 1. The summed E-state index contributed by atoms with van der Waals surface area (Å²) in [4.78, 5) is 16.9. The van der Waals surface area contributed by atoms with Gasteiger partial charge < -0.3 is 9.47 Å². The molecular formula is C28H26N2O3S. The normalized spacial score (nSPS) is 10.9. The van der Waals surface area contributed by atoms with E-state index < -0.39 is 0 Å². The van der Waals surface area contributed by atoms with Crippen molar-refractivity contribution in [2.24, 2.45) is 0 Å². The number of methoxy groups -OCH3 is 1. The highest BCUT2D eigenvalue weighted by Crippen LogP contribution is 2.30. The summed E-state index contributed by atoms with van der Waals surface area (Å²) in [6.07, 6.45) is 3.22. The Morgan fingerprint density at radius 1 is 1.03 bits per heavy atom. The molecule has 3 aromatic carbocycles. The largest absolute Gasteiger partial charge is 0.493 e. The van der Waals surface area contributed by atoms with E-state index in [0.717, 1.165) is 22.4 Å². The van der Waals surface area contributed by atoms with E-state index in [-0.39, 0.29) is 5.91 Å². The van der Waals surface area contributed by atoms with Gasteiger partial charge in [-0.05, 0) is 48.7 Å². The number of aryl methyl sites for hydroxylation is 2. The maximum atomic E-state index is 12.4. The van der Waals surface area contributed by atoms with Crippen LogP contribution in [-0.4, -0.2) is 18.0 Å². The summed E-state index contributed by atoms with van der Waals surface area (Å²) in [6.45, 7) is 4.56. The molecule has 1 aromatic heterocycles. The molecule has 4 aromatic rings. The van der Waals surface area contributed by atoms with Gasteiger partial charge in [0.05, 0.1) is 12.8 Å². The third kappa shape index (κ3) is 5.91. The van der Waals surface area contributed by atoms with Gasteiger partial charge in [-0.25, -0.2) is 4.98 Å². The Balaban J connectivity index is 1.38. The summed E-state index contributed by atoms with van der Waals surface area (Å²) >= 11 is 1.40. The number of hydrogen-bond acceptors (Lipinski definition) is 5. The van der Waals surface area contributed by atoms with Gasteiger partial charge in [-0.2, -0.15) is 0 Å². The van der Waals surface area contributed by atoms with Crippen LogP contribution in [0.2, 0.25) is 0 Å². The smallest absolute Gasteiger partial charge is 0.250 e. The maximum Gasteiger partial charge on any atom is 0.250 e. The fraction of sp³-hybridized carbons (Fsp3) is 0.143. The van der Waals surface area contributed by atoms with Crippen LogP contribution >= 0.6 is 11.3 Å². The highest BCUT2D eigenvalue weighted by atomic mass is 32.1. The Bertz CT molecular complexity index is 1310. The molecule has 0 aliphatic rings. The molecule has 0 spiro atoms. The minimum atomic E-state index is -0.247. The predicted octanol–water partition coefficient (Wildman–Crippen LogP) is 6.67. The number of benzene rings is 3. The number of carbonyl (C=O) groups is 1. The summed E-state index contributed by atoms with van der Waals surface area (Å²) in [5, 5.41) is 5.32. The van der Waals surface area contributed by atoms with E-state index >= 15 is 0 Å². The van der Waals surface area contributed by atoms with Crippen molar-refractivity contribution in [1.82, 2.24) is 4.98 Å². The number of amides is 1. The van der Waals surface area contributed by atoms with Gasteiger partial charge in [-0.15, -0.1) is 11.3 Å². The summed E-state index contributed by atoms with van der Waals surface area (Å²) < 4.78 is 11.5. The third-order valence-electron chi connectivity index (χ3n) is 5.34. The molecule has 0 aliphatic heterocycles. The van der Waals surface area contributed by atoms with Crippen LogP contribution in [0.1, 0.15) is 22.3 Å². The third-order valence-corrected chi connectivity index (χ3v) is 6.10. The zero-order chi connectivity index (χ0) is 23.9. The van der Waals surface area contributed by atoms with Gasteiger partial charge in [0.1, 0.15) is 6.61 Å². The van der Waals surface area contributed by atoms with E-state index in [2.05, 4.69) is 23.3 Å². The number of anilines is 1. The molecule has 4 rings (SSSR count). The van der Waals surface area contributed by atoms with E-state index in [4.69, 9.17) is 9.47 Å². The Hall–Kier alpha value is -3.90. The minimum absolute atomic E-state index is 0.247. The lowest BCUT2D eigenvalue weighted by Gasteiger charge is -2.12. The predicted molar refractivity (Wildman–Crippen MR) is 138 cm³/mol. The number of hydrogen-bond donors (Lipinski definition) is 1. The quantitative estimate of drug-likeness (QED) is 0.292. The second-order valence-electron chi connectivity index (χ2n) is 7.85. The molecule has 34 heavy (non-hydrogen) atoms. The SMILES string of the molecule is COc1cc(C=CC(=O)Nc2nc(-c3ccc(C)cc3)cs2)ccc1OCc1ccccc1C. The van der Waals surface area contributed by atoms with Crippen molar-refractivity contribution in [3.63, 3.8) is 0 Å². The first-order valence-corrected chi connectivity index (χ1v) is 11.8. The maximum absolute atomic E-state index is 12.4. The van der Waals surface area contributed by atoms with E-state index in [0.29, 0.717) is 23.2 Å². The van der Waals surface area contributed by atoms with Crippen LogP contribution in [0.5, 0.6) is 11.5 Å². The van der Waals surface area contributed by atoms with E-state index in [1.165, 1.54) is 28.5 Å². The van der Waals surface area contributed by atoms with Crippen molar-refractivity contribution in [2.75, 3.05) is 12.4 Å². The molecule has 1 heterocycles. The van der Waals surface area contributed by atoms with Gasteiger partial charge in [0.2, 0.25) is 5.91 Å².